The van der Waals surface area contributed by atoms with E-state index in [9.17, 15) is 0 Å². The van der Waals surface area contributed by atoms with Crippen molar-refractivity contribution in [3.63, 3.8) is 0 Å². The summed E-state index contributed by atoms with van der Waals surface area (Å²) in [6, 6.07) is 6.10. The lowest BCUT2D eigenvalue weighted by Crippen LogP contribution is -2.09. The number of aromatic nitrogens is 1. The van der Waals surface area contributed by atoms with Crippen LogP contribution in [0.2, 0.25) is 0 Å². The molecule has 1 heterocycles. The van der Waals surface area contributed by atoms with Gasteiger partial charge in [-0.1, -0.05) is 24.8 Å². The fraction of sp³-hybridized carbons (Fsp3) is 0.476. The lowest BCUT2D eigenvalue weighted by atomic mass is 9.82. The fourth-order valence-electron chi connectivity index (χ4n) is 4.28. The molecule has 0 unspecified atom stereocenters. The van der Waals surface area contributed by atoms with Gasteiger partial charge < -0.3 is 4.74 Å². The zero-order valence-electron chi connectivity index (χ0n) is 14.7. The SMILES string of the molecule is COc1ccc(-c2csc(C3=C(C4CCCCC4)CCC3)n2)c(Br)c1. The van der Waals surface area contributed by atoms with Crippen LogP contribution in [0.15, 0.2) is 33.6 Å². The third kappa shape index (κ3) is 3.56. The number of benzene rings is 1. The Bertz CT molecular complexity index is 789. The molecule has 0 bridgehead atoms. The molecule has 0 spiro atoms. The summed E-state index contributed by atoms with van der Waals surface area (Å²) >= 11 is 5.47. The summed E-state index contributed by atoms with van der Waals surface area (Å²) < 4.78 is 6.34. The number of rotatable bonds is 4. The van der Waals surface area contributed by atoms with E-state index in [1.165, 1.54) is 56.4 Å². The molecular weight excluding hydrogens is 394 g/mol. The van der Waals surface area contributed by atoms with E-state index in [-0.39, 0.29) is 0 Å². The van der Waals surface area contributed by atoms with Crippen LogP contribution in [0.25, 0.3) is 16.8 Å². The Balaban J connectivity index is 1.64. The molecule has 1 aromatic heterocycles. The van der Waals surface area contributed by atoms with E-state index in [1.54, 1.807) is 29.6 Å². The molecule has 2 aliphatic rings. The van der Waals surface area contributed by atoms with Crippen molar-refractivity contribution in [1.82, 2.24) is 4.98 Å². The second-order valence-corrected chi connectivity index (χ2v) is 8.79. The van der Waals surface area contributed by atoms with Gasteiger partial charge in [-0.2, -0.15) is 0 Å². The van der Waals surface area contributed by atoms with Crippen molar-refractivity contribution in [3.8, 4) is 17.0 Å². The molecule has 0 aliphatic heterocycles. The molecule has 0 amide bonds. The maximum absolute atomic E-state index is 5.30. The Morgan fingerprint density at radius 1 is 1.12 bits per heavy atom. The second-order valence-electron chi connectivity index (χ2n) is 7.08. The van der Waals surface area contributed by atoms with E-state index in [0.29, 0.717) is 0 Å². The van der Waals surface area contributed by atoms with Gasteiger partial charge in [-0.3, -0.25) is 0 Å². The first kappa shape index (κ1) is 17.3. The molecule has 25 heavy (non-hydrogen) atoms. The third-order valence-electron chi connectivity index (χ3n) is 5.57. The highest BCUT2D eigenvalue weighted by Crippen LogP contribution is 2.44. The lowest BCUT2D eigenvalue weighted by molar-refractivity contribution is 0.398. The zero-order chi connectivity index (χ0) is 17.2. The predicted octanol–water partition coefficient (Wildman–Crippen LogP) is 7.10. The van der Waals surface area contributed by atoms with Gasteiger partial charge in [-0.25, -0.2) is 4.98 Å². The Hall–Kier alpha value is -1.13. The van der Waals surface area contributed by atoms with Crippen LogP contribution in [0.5, 0.6) is 5.75 Å². The Labute approximate surface area is 162 Å². The van der Waals surface area contributed by atoms with Gasteiger partial charge in [0.05, 0.1) is 12.8 Å². The number of halogens is 1. The minimum absolute atomic E-state index is 0.825. The summed E-state index contributed by atoms with van der Waals surface area (Å²) in [7, 11) is 1.70. The van der Waals surface area contributed by atoms with Crippen molar-refractivity contribution >= 4 is 32.8 Å². The topological polar surface area (TPSA) is 22.1 Å². The number of hydrogen-bond donors (Lipinski definition) is 0. The molecule has 1 fully saturated rings. The van der Waals surface area contributed by atoms with Gasteiger partial charge in [0.25, 0.3) is 0 Å². The summed E-state index contributed by atoms with van der Waals surface area (Å²) in [5.41, 5.74) is 5.50. The van der Waals surface area contributed by atoms with Crippen molar-refractivity contribution in [2.75, 3.05) is 7.11 Å². The molecule has 2 aromatic rings. The monoisotopic (exact) mass is 417 g/mol. The maximum atomic E-state index is 5.30. The number of hydrogen-bond acceptors (Lipinski definition) is 3. The second kappa shape index (κ2) is 7.63. The predicted molar refractivity (Wildman–Crippen MR) is 109 cm³/mol. The van der Waals surface area contributed by atoms with Crippen molar-refractivity contribution in [3.05, 3.63) is 38.6 Å². The lowest BCUT2D eigenvalue weighted by Gasteiger charge is -2.24. The average Bonchev–Trinajstić information content (AvgIpc) is 3.31. The molecule has 0 N–H and O–H groups in total. The van der Waals surface area contributed by atoms with Crippen LogP contribution in [0.3, 0.4) is 0 Å². The van der Waals surface area contributed by atoms with Gasteiger partial charge in [0.15, 0.2) is 0 Å². The van der Waals surface area contributed by atoms with E-state index in [1.807, 2.05) is 12.1 Å². The van der Waals surface area contributed by atoms with Crippen molar-refractivity contribution in [2.45, 2.75) is 51.4 Å². The molecule has 1 aromatic carbocycles. The molecule has 2 nitrogen and oxygen atoms in total. The highest BCUT2D eigenvalue weighted by molar-refractivity contribution is 9.10. The van der Waals surface area contributed by atoms with Crippen LogP contribution in [0.1, 0.15) is 56.4 Å². The number of nitrogens with zero attached hydrogens (tertiary/aromatic N) is 1. The zero-order valence-corrected chi connectivity index (χ0v) is 17.1. The van der Waals surface area contributed by atoms with E-state index < -0.39 is 0 Å². The molecular formula is C21H24BrNOS. The van der Waals surface area contributed by atoms with E-state index in [0.717, 1.165) is 27.4 Å². The largest absolute Gasteiger partial charge is 0.497 e. The summed E-state index contributed by atoms with van der Waals surface area (Å²) in [6.07, 6.45) is 10.8. The van der Waals surface area contributed by atoms with Gasteiger partial charge in [-0.15, -0.1) is 11.3 Å². The third-order valence-corrected chi connectivity index (χ3v) is 7.13. The van der Waals surface area contributed by atoms with Crippen molar-refractivity contribution in [2.24, 2.45) is 5.92 Å². The number of methoxy groups -OCH3 is 1. The minimum Gasteiger partial charge on any atom is -0.497 e. The molecule has 0 atom stereocenters. The highest BCUT2D eigenvalue weighted by Gasteiger charge is 2.26. The summed E-state index contributed by atoms with van der Waals surface area (Å²) in [6.45, 7) is 0. The normalized spacial score (nSPS) is 18.8. The van der Waals surface area contributed by atoms with Crippen LogP contribution in [0, 0.1) is 5.92 Å². The smallest absolute Gasteiger partial charge is 0.120 e. The van der Waals surface area contributed by atoms with Gasteiger partial charge >= 0.3 is 0 Å². The summed E-state index contributed by atoms with van der Waals surface area (Å²) in [5, 5.41) is 3.45. The van der Waals surface area contributed by atoms with Gasteiger partial charge in [0.1, 0.15) is 10.8 Å². The van der Waals surface area contributed by atoms with Crippen LogP contribution >= 0.6 is 27.3 Å². The molecule has 1 saturated carbocycles. The fourth-order valence-corrected chi connectivity index (χ4v) is 5.77. The van der Waals surface area contributed by atoms with E-state index >= 15 is 0 Å². The Morgan fingerprint density at radius 3 is 2.72 bits per heavy atom. The standard InChI is InChI=1S/C21H24BrNOS/c1-24-15-10-11-18(19(22)12-15)20-13-25-21(23-20)17-9-5-8-16(17)14-6-3-2-4-7-14/h10-14H,2-9H2,1H3. The summed E-state index contributed by atoms with van der Waals surface area (Å²) in [5.74, 6) is 1.69. The van der Waals surface area contributed by atoms with E-state index in [4.69, 9.17) is 9.72 Å². The van der Waals surface area contributed by atoms with Gasteiger partial charge in [0.2, 0.25) is 0 Å². The van der Waals surface area contributed by atoms with Crippen LogP contribution in [-0.2, 0) is 0 Å². The molecule has 0 radical (unpaired) electrons. The van der Waals surface area contributed by atoms with Gasteiger partial charge in [0, 0.05) is 15.4 Å². The first-order valence-electron chi connectivity index (χ1n) is 9.28. The maximum Gasteiger partial charge on any atom is 0.120 e. The van der Waals surface area contributed by atoms with Crippen molar-refractivity contribution in [1.29, 1.82) is 0 Å². The average molecular weight is 418 g/mol. The van der Waals surface area contributed by atoms with Crippen LogP contribution in [0.4, 0.5) is 0 Å². The molecule has 0 saturated heterocycles. The quantitative estimate of drug-likeness (QED) is 0.528. The first-order valence-corrected chi connectivity index (χ1v) is 11.0. The molecule has 2 aliphatic carbocycles. The van der Waals surface area contributed by atoms with Gasteiger partial charge in [-0.05, 0) is 77.7 Å². The number of allylic oxidation sites excluding steroid dienone is 2. The minimum atomic E-state index is 0.825. The summed E-state index contributed by atoms with van der Waals surface area (Å²) in [4.78, 5) is 5.01. The highest BCUT2D eigenvalue weighted by atomic mass is 79.9. The first-order chi connectivity index (χ1) is 12.3. The Kier molecular flexibility index (Phi) is 5.28. The van der Waals surface area contributed by atoms with Crippen LogP contribution < -0.4 is 4.74 Å². The molecule has 4 rings (SSSR count). The van der Waals surface area contributed by atoms with Crippen LogP contribution in [-0.4, -0.2) is 12.1 Å². The number of thiazole rings is 1. The molecule has 4 heteroatoms. The Morgan fingerprint density at radius 2 is 1.96 bits per heavy atom. The molecule has 132 valence electrons. The van der Waals surface area contributed by atoms with E-state index in [2.05, 4.69) is 27.4 Å². The van der Waals surface area contributed by atoms with Crippen molar-refractivity contribution < 1.29 is 4.74 Å². The number of ether oxygens (including phenoxy) is 1.